The van der Waals surface area contributed by atoms with Crippen LogP contribution in [0.1, 0.15) is 16.7 Å². The molecule has 0 atom stereocenters. The predicted octanol–water partition coefficient (Wildman–Crippen LogP) is 6.22. The number of sulfone groups is 1. The van der Waals surface area contributed by atoms with E-state index in [4.69, 9.17) is 27.9 Å². The summed E-state index contributed by atoms with van der Waals surface area (Å²) in [7, 11) is -3.89. The van der Waals surface area contributed by atoms with Crippen LogP contribution in [0.25, 0.3) is 6.08 Å². The topological polar surface area (TPSA) is 67.2 Å². The molecule has 0 heterocycles. The van der Waals surface area contributed by atoms with Gasteiger partial charge in [-0.05, 0) is 55.0 Å². The number of halogens is 2. The molecule has 0 amide bonds. The van der Waals surface area contributed by atoms with Gasteiger partial charge in [-0.1, -0.05) is 59.1 Å². The number of ether oxygens (including phenoxy) is 1. The number of rotatable bonds is 6. The second-order valence-corrected chi connectivity index (χ2v) is 9.29. The summed E-state index contributed by atoms with van der Waals surface area (Å²) in [5, 5.41) is 10.5. The molecule has 3 aromatic rings. The minimum absolute atomic E-state index is 0.0840. The van der Waals surface area contributed by atoms with Crippen molar-refractivity contribution in [1.29, 1.82) is 5.26 Å². The highest BCUT2D eigenvalue weighted by Crippen LogP contribution is 2.25. The average Bonchev–Trinajstić information content (AvgIpc) is 2.72. The monoisotopic (exact) mass is 457 g/mol. The third-order valence-electron chi connectivity index (χ3n) is 4.32. The molecular formula is C23H17Cl2NO3S. The third-order valence-corrected chi connectivity index (χ3v) is 6.59. The van der Waals surface area contributed by atoms with Gasteiger partial charge in [0.2, 0.25) is 9.84 Å². The predicted molar refractivity (Wildman–Crippen MR) is 119 cm³/mol. The van der Waals surface area contributed by atoms with Gasteiger partial charge in [-0.3, -0.25) is 0 Å². The highest BCUT2D eigenvalue weighted by Gasteiger charge is 2.20. The second-order valence-electron chi connectivity index (χ2n) is 6.53. The third kappa shape index (κ3) is 5.22. The maximum atomic E-state index is 12.7. The quantitative estimate of drug-likeness (QED) is 0.412. The van der Waals surface area contributed by atoms with Crippen molar-refractivity contribution in [2.45, 2.75) is 18.4 Å². The van der Waals surface area contributed by atoms with Crippen molar-refractivity contribution >= 4 is 39.1 Å². The first kappa shape index (κ1) is 21.9. The molecule has 4 nitrogen and oxygen atoms in total. The first-order valence-corrected chi connectivity index (χ1v) is 11.1. The normalized spacial score (nSPS) is 11.7. The highest BCUT2D eigenvalue weighted by atomic mass is 35.5. The van der Waals surface area contributed by atoms with Gasteiger partial charge in [-0.25, -0.2) is 8.42 Å². The molecule has 0 aliphatic heterocycles. The Bertz CT molecular complexity index is 1230. The van der Waals surface area contributed by atoms with E-state index in [0.29, 0.717) is 21.4 Å². The standard InChI is InChI=1S/C23H17Cl2NO3S/c1-16-2-10-21(11-3-16)30(27,28)22(14-26)12-17-4-8-20(9-5-17)29-15-18-6-7-19(24)13-23(18)25/h2-13H,15H2,1H3/b22-12+. The van der Waals surface area contributed by atoms with Crippen molar-refractivity contribution < 1.29 is 13.2 Å². The SMILES string of the molecule is Cc1ccc(S(=O)(=O)/C(C#N)=C/c2ccc(OCc3ccc(Cl)cc3Cl)cc2)cc1. The fraction of sp³-hybridized carbons (Fsp3) is 0.0870. The molecule has 152 valence electrons. The number of allylic oxidation sites excluding steroid dienone is 1. The van der Waals surface area contributed by atoms with E-state index in [1.807, 2.05) is 6.92 Å². The zero-order valence-electron chi connectivity index (χ0n) is 16.0. The van der Waals surface area contributed by atoms with E-state index in [1.54, 1.807) is 60.7 Å². The van der Waals surface area contributed by atoms with Crippen LogP contribution in [0.3, 0.4) is 0 Å². The fourth-order valence-electron chi connectivity index (χ4n) is 2.63. The van der Waals surface area contributed by atoms with E-state index in [1.165, 1.54) is 18.2 Å². The molecule has 0 spiro atoms. The van der Waals surface area contributed by atoms with E-state index in [0.717, 1.165) is 11.1 Å². The van der Waals surface area contributed by atoms with Crippen molar-refractivity contribution in [2.24, 2.45) is 0 Å². The molecule has 0 saturated carbocycles. The van der Waals surface area contributed by atoms with Gasteiger partial charge in [0.15, 0.2) is 0 Å². The second kappa shape index (κ2) is 9.36. The lowest BCUT2D eigenvalue weighted by Crippen LogP contribution is -2.03. The Kier molecular flexibility index (Phi) is 6.84. The molecule has 0 N–H and O–H groups in total. The van der Waals surface area contributed by atoms with Crippen LogP contribution in [0.2, 0.25) is 10.0 Å². The summed E-state index contributed by atoms with van der Waals surface area (Å²) in [5.74, 6) is 0.582. The summed E-state index contributed by atoms with van der Waals surface area (Å²) in [6.07, 6.45) is 1.34. The van der Waals surface area contributed by atoms with E-state index < -0.39 is 9.84 Å². The van der Waals surface area contributed by atoms with Gasteiger partial charge in [0.25, 0.3) is 0 Å². The summed E-state index contributed by atoms with van der Waals surface area (Å²) in [5.41, 5.74) is 2.30. The van der Waals surface area contributed by atoms with Gasteiger partial charge in [-0.2, -0.15) is 5.26 Å². The zero-order chi connectivity index (χ0) is 21.7. The van der Waals surface area contributed by atoms with Crippen LogP contribution < -0.4 is 4.74 Å². The van der Waals surface area contributed by atoms with Gasteiger partial charge < -0.3 is 4.74 Å². The molecule has 3 aromatic carbocycles. The molecule has 0 aliphatic carbocycles. The Morgan fingerprint density at radius 3 is 2.30 bits per heavy atom. The summed E-state index contributed by atoms with van der Waals surface area (Å²) in [4.78, 5) is -0.242. The fourth-order valence-corrected chi connectivity index (χ4v) is 4.25. The van der Waals surface area contributed by atoms with Crippen molar-refractivity contribution in [3.63, 3.8) is 0 Å². The van der Waals surface area contributed by atoms with Gasteiger partial charge >= 0.3 is 0 Å². The molecule has 30 heavy (non-hydrogen) atoms. The lowest BCUT2D eigenvalue weighted by Gasteiger charge is -2.08. The Balaban J connectivity index is 1.76. The van der Waals surface area contributed by atoms with Crippen molar-refractivity contribution in [3.05, 3.63) is 98.4 Å². The lowest BCUT2D eigenvalue weighted by atomic mass is 10.2. The summed E-state index contributed by atoms with van der Waals surface area (Å²) in [6, 6.07) is 20.1. The first-order valence-electron chi connectivity index (χ1n) is 8.90. The van der Waals surface area contributed by atoms with Crippen LogP contribution in [-0.4, -0.2) is 8.42 Å². The van der Waals surface area contributed by atoms with Gasteiger partial charge in [0, 0.05) is 15.6 Å². The zero-order valence-corrected chi connectivity index (χ0v) is 18.3. The van der Waals surface area contributed by atoms with E-state index in [2.05, 4.69) is 0 Å². The van der Waals surface area contributed by atoms with Crippen LogP contribution in [0.4, 0.5) is 0 Å². The summed E-state index contributed by atoms with van der Waals surface area (Å²) < 4.78 is 31.2. The van der Waals surface area contributed by atoms with Crippen LogP contribution >= 0.6 is 23.2 Å². The number of hydrogen-bond acceptors (Lipinski definition) is 4. The molecule has 7 heteroatoms. The molecule has 0 bridgehead atoms. The van der Waals surface area contributed by atoms with E-state index in [-0.39, 0.29) is 16.4 Å². The number of hydrogen-bond donors (Lipinski definition) is 0. The van der Waals surface area contributed by atoms with Crippen LogP contribution in [0.15, 0.2) is 76.5 Å². The maximum Gasteiger partial charge on any atom is 0.216 e. The number of nitriles is 1. The Labute approximate surface area is 185 Å². The average molecular weight is 458 g/mol. The smallest absolute Gasteiger partial charge is 0.216 e. The number of aryl methyl sites for hydroxylation is 1. The molecule has 0 aromatic heterocycles. The molecule has 0 aliphatic rings. The minimum atomic E-state index is -3.89. The molecule has 3 rings (SSSR count). The van der Waals surface area contributed by atoms with Crippen LogP contribution in [0.5, 0.6) is 5.75 Å². The minimum Gasteiger partial charge on any atom is -0.489 e. The molecule has 0 fully saturated rings. The number of nitrogens with zero attached hydrogens (tertiary/aromatic N) is 1. The van der Waals surface area contributed by atoms with Gasteiger partial charge in [-0.15, -0.1) is 0 Å². The van der Waals surface area contributed by atoms with Crippen molar-refractivity contribution in [1.82, 2.24) is 0 Å². The summed E-state index contributed by atoms with van der Waals surface area (Å²) >= 11 is 12.0. The first-order chi connectivity index (χ1) is 14.3. The van der Waals surface area contributed by atoms with Gasteiger partial charge in [0.05, 0.1) is 4.90 Å². The Hall–Kier alpha value is -2.78. The molecule has 0 saturated heterocycles. The molecular weight excluding hydrogens is 441 g/mol. The van der Waals surface area contributed by atoms with Crippen molar-refractivity contribution in [2.75, 3.05) is 0 Å². The van der Waals surface area contributed by atoms with Crippen LogP contribution in [-0.2, 0) is 16.4 Å². The Morgan fingerprint density at radius 2 is 1.70 bits per heavy atom. The Morgan fingerprint density at radius 1 is 1.03 bits per heavy atom. The largest absolute Gasteiger partial charge is 0.489 e. The number of benzene rings is 3. The van der Waals surface area contributed by atoms with Gasteiger partial charge in [0.1, 0.15) is 23.3 Å². The summed E-state index contributed by atoms with van der Waals surface area (Å²) in [6.45, 7) is 2.12. The van der Waals surface area contributed by atoms with Crippen molar-refractivity contribution in [3.8, 4) is 11.8 Å². The highest BCUT2D eigenvalue weighted by molar-refractivity contribution is 7.95. The maximum absolute atomic E-state index is 12.7. The lowest BCUT2D eigenvalue weighted by molar-refractivity contribution is 0.306. The van der Waals surface area contributed by atoms with E-state index >= 15 is 0 Å². The van der Waals surface area contributed by atoms with E-state index in [9.17, 15) is 13.7 Å². The van der Waals surface area contributed by atoms with Crippen LogP contribution in [0, 0.1) is 18.3 Å². The molecule has 0 unspecified atom stereocenters. The molecule has 0 radical (unpaired) electrons.